The predicted molar refractivity (Wildman–Crippen MR) is 75.4 cm³/mol. The van der Waals surface area contributed by atoms with Crippen LogP contribution in [0.15, 0.2) is 6.33 Å². The quantitative estimate of drug-likeness (QED) is 0.615. The van der Waals surface area contributed by atoms with Crippen molar-refractivity contribution in [2.75, 3.05) is 6.54 Å². The SMILES string of the molecule is CCCCCCCCCn1cnc(CNCC)n1. The van der Waals surface area contributed by atoms with Gasteiger partial charge in [-0.1, -0.05) is 52.4 Å². The fourth-order valence-electron chi connectivity index (χ4n) is 1.99. The topological polar surface area (TPSA) is 42.7 Å². The van der Waals surface area contributed by atoms with Gasteiger partial charge in [0.05, 0.1) is 6.54 Å². The summed E-state index contributed by atoms with van der Waals surface area (Å²) < 4.78 is 1.97. The van der Waals surface area contributed by atoms with Gasteiger partial charge in [-0.25, -0.2) is 4.98 Å². The van der Waals surface area contributed by atoms with E-state index in [4.69, 9.17) is 0 Å². The first kappa shape index (κ1) is 15.2. The third-order valence-corrected chi connectivity index (χ3v) is 3.11. The van der Waals surface area contributed by atoms with E-state index < -0.39 is 0 Å². The molecule has 0 aromatic carbocycles. The Bertz CT molecular complexity index is 296. The minimum absolute atomic E-state index is 0.778. The molecule has 0 aliphatic carbocycles. The van der Waals surface area contributed by atoms with Gasteiger partial charge in [-0.15, -0.1) is 0 Å². The molecule has 1 rings (SSSR count). The average molecular weight is 252 g/mol. The lowest BCUT2D eigenvalue weighted by molar-refractivity contribution is 0.518. The first-order valence-corrected chi connectivity index (χ1v) is 7.45. The molecule has 0 aliphatic rings. The van der Waals surface area contributed by atoms with Crippen molar-refractivity contribution in [1.82, 2.24) is 20.1 Å². The molecule has 0 amide bonds. The van der Waals surface area contributed by atoms with Gasteiger partial charge in [0.15, 0.2) is 5.82 Å². The molecule has 4 nitrogen and oxygen atoms in total. The number of hydrogen-bond acceptors (Lipinski definition) is 3. The van der Waals surface area contributed by atoms with Crippen LogP contribution in [-0.2, 0) is 13.1 Å². The lowest BCUT2D eigenvalue weighted by Crippen LogP contribution is -2.13. The number of aromatic nitrogens is 3. The Morgan fingerprint density at radius 1 is 1.06 bits per heavy atom. The Balaban J connectivity index is 2.03. The van der Waals surface area contributed by atoms with Crippen LogP contribution < -0.4 is 5.32 Å². The summed E-state index contributed by atoms with van der Waals surface area (Å²) in [7, 11) is 0. The van der Waals surface area contributed by atoms with Gasteiger partial charge in [-0.3, -0.25) is 4.68 Å². The number of rotatable bonds is 11. The van der Waals surface area contributed by atoms with Gasteiger partial charge in [0.2, 0.25) is 0 Å². The highest BCUT2D eigenvalue weighted by molar-refractivity contribution is 4.80. The van der Waals surface area contributed by atoms with E-state index in [1.165, 1.54) is 44.9 Å². The van der Waals surface area contributed by atoms with Crippen LogP contribution >= 0.6 is 0 Å². The summed E-state index contributed by atoms with van der Waals surface area (Å²) in [6.45, 7) is 7.10. The molecule has 1 aromatic heterocycles. The highest BCUT2D eigenvalue weighted by Gasteiger charge is 1.99. The lowest BCUT2D eigenvalue weighted by Gasteiger charge is -2.01. The Hall–Kier alpha value is -0.900. The molecule has 0 aliphatic heterocycles. The molecular weight excluding hydrogens is 224 g/mol. The third kappa shape index (κ3) is 6.74. The Kier molecular flexibility index (Phi) is 8.47. The summed E-state index contributed by atoms with van der Waals surface area (Å²) in [6, 6.07) is 0. The fraction of sp³-hybridized carbons (Fsp3) is 0.857. The highest BCUT2D eigenvalue weighted by atomic mass is 15.3. The van der Waals surface area contributed by atoms with Crippen LogP contribution in [0.2, 0.25) is 0 Å². The number of hydrogen-bond donors (Lipinski definition) is 1. The molecule has 0 saturated carbocycles. The van der Waals surface area contributed by atoms with Crippen LogP contribution in [0.5, 0.6) is 0 Å². The van der Waals surface area contributed by atoms with Crippen molar-refractivity contribution in [3.8, 4) is 0 Å². The van der Waals surface area contributed by atoms with Gasteiger partial charge >= 0.3 is 0 Å². The van der Waals surface area contributed by atoms with Gasteiger partial charge in [0.1, 0.15) is 6.33 Å². The van der Waals surface area contributed by atoms with E-state index in [0.717, 1.165) is 25.5 Å². The molecule has 0 bridgehead atoms. The standard InChI is InChI=1S/C14H28N4/c1-3-5-6-7-8-9-10-11-18-13-16-14(17-18)12-15-4-2/h13,15H,3-12H2,1-2H3. The van der Waals surface area contributed by atoms with Gasteiger partial charge in [-0.05, 0) is 13.0 Å². The molecule has 104 valence electrons. The average Bonchev–Trinajstić information content (AvgIpc) is 2.83. The molecule has 0 unspecified atom stereocenters. The van der Waals surface area contributed by atoms with Gasteiger partial charge < -0.3 is 5.32 Å². The molecule has 1 N–H and O–H groups in total. The number of nitrogens with one attached hydrogen (secondary N) is 1. The first-order valence-electron chi connectivity index (χ1n) is 7.45. The van der Waals surface area contributed by atoms with E-state index in [9.17, 15) is 0 Å². The molecule has 1 heterocycles. The van der Waals surface area contributed by atoms with Crippen LogP contribution in [0, 0.1) is 0 Å². The predicted octanol–water partition coefficient (Wildman–Crippen LogP) is 3.14. The maximum absolute atomic E-state index is 4.44. The van der Waals surface area contributed by atoms with Gasteiger partial charge in [0.25, 0.3) is 0 Å². The van der Waals surface area contributed by atoms with Crippen molar-refractivity contribution in [2.24, 2.45) is 0 Å². The molecule has 1 aromatic rings. The summed E-state index contributed by atoms with van der Waals surface area (Å²) in [5.41, 5.74) is 0. The highest BCUT2D eigenvalue weighted by Crippen LogP contribution is 2.07. The van der Waals surface area contributed by atoms with Gasteiger partial charge in [-0.2, -0.15) is 5.10 Å². The van der Waals surface area contributed by atoms with Crippen molar-refractivity contribution >= 4 is 0 Å². The normalized spacial score (nSPS) is 11.0. The van der Waals surface area contributed by atoms with Crippen molar-refractivity contribution in [2.45, 2.75) is 71.9 Å². The summed E-state index contributed by atoms with van der Waals surface area (Å²) in [5.74, 6) is 0.903. The second-order valence-electron chi connectivity index (χ2n) is 4.83. The zero-order valence-electron chi connectivity index (χ0n) is 12.0. The van der Waals surface area contributed by atoms with Gasteiger partial charge in [0, 0.05) is 6.54 Å². The summed E-state index contributed by atoms with van der Waals surface area (Å²) in [4.78, 5) is 4.28. The second kappa shape index (κ2) is 10.1. The minimum Gasteiger partial charge on any atom is -0.310 e. The second-order valence-corrected chi connectivity index (χ2v) is 4.83. The van der Waals surface area contributed by atoms with Crippen LogP contribution in [0.25, 0.3) is 0 Å². The fourth-order valence-corrected chi connectivity index (χ4v) is 1.99. The maximum atomic E-state index is 4.44. The maximum Gasteiger partial charge on any atom is 0.164 e. The zero-order valence-corrected chi connectivity index (χ0v) is 12.0. The smallest absolute Gasteiger partial charge is 0.164 e. The van der Waals surface area contributed by atoms with E-state index in [1.807, 2.05) is 11.0 Å². The van der Waals surface area contributed by atoms with Crippen molar-refractivity contribution in [3.63, 3.8) is 0 Å². The largest absolute Gasteiger partial charge is 0.310 e. The van der Waals surface area contributed by atoms with E-state index in [1.54, 1.807) is 0 Å². The van der Waals surface area contributed by atoms with Crippen molar-refractivity contribution in [3.05, 3.63) is 12.2 Å². The molecule has 4 heteroatoms. The van der Waals surface area contributed by atoms with E-state index in [2.05, 4.69) is 29.2 Å². The summed E-state index contributed by atoms with van der Waals surface area (Å²) >= 11 is 0. The number of aryl methyl sites for hydroxylation is 1. The Labute approximate surface area is 111 Å². The van der Waals surface area contributed by atoms with E-state index >= 15 is 0 Å². The van der Waals surface area contributed by atoms with Crippen LogP contribution in [0.4, 0.5) is 0 Å². The van der Waals surface area contributed by atoms with E-state index in [-0.39, 0.29) is 0 Å². The van der Waals surface area contributed by atoms with Crippen molar-refractivity contribution in [1.29, 1.82) is 0 Å². The Morgan fingerprint density at radius 2 is 1.78 bits per heavy atom. The molecular formula is C14H28N4. The van der Waals surface area contributed by atoms with Crippen LogP contribution in [-0.4, -0.2) is 21.3 Å². The summed E-state index contributed by atoms with van der Waals surface area (Å²) in [6.07, 6.45) is 11.2. The third-order valence-electron chi connectivity index (χ3n) is 3.11. The molecule has 0 atom stereocenters. The minimum atomic E-state index is 0.778. The molecule has 0 spiro atoms. The zero-order chi connectivity index (χ0) is 13.1. The van der Waals surface area contributed by atoms with Crippen LogP contribution in [0.3, 0.4) is 0 Å². The number of nitrogens with zero attached hydrogens (tertiary/aromatic N) is 3. The first-order chi connectivity index (χ1) is 8.86. The van der Waals surface area contributed by atoms with E-state index in [0.29, 0.717) is 0 Å². The molecule has 0 fully saturated rings. The van der Waals surface area contributed by atoms with Crippen molar-refractivity contribution < 1.29 is 0 Å². The summed E-state index contributed by atoms with van der Waals surface area (Å²) in [5, 5.41) is 7.67. The molecule has 18 heavy (non-hydrogen) atoms. The van der Waals surface area contributed by atoms with Crippen LogP contribution in [0.1, 0.15) is 64.6 Å². The monoisotopic (exact) mass is 252 g/mol. The number of unbranched alkanes of at least 4 members (excludes halogenated alkanes) is 6. The lowest BCUT2D eigenvalue weighted by atomic mass is 10.1. The Morgan fingerprint density at radius 3 is 2.50 bits per heavy atom. The molecule has 0 saturated heterocycles. The molecule has 0 radical (unpaired) electrons.